The van der Waals surface area contributed by atoms with Crippen LogP contribution in [0.4, 0.5) is 5.82 Å². The van der Waals surface area contributed by atoms with Crippen LogP contribution in [0, 0.1) is 6.92 Å². The summed E-state index contributed by atoms with van der Waals surface area (Å²) < 4.78 is 10.4. The Labute approximate surface area is 173 Å². The molecular weight excluding hydrogens is 384 g/mol. The Morgan fingerprint density at radius 1 is 1.17 bits per heavy atom. The molecule has 1 aromatic carbocycles. The second-order valence-corrected chi connectivity index (χ2v) is 8.31. The van der Waals surface area contributed by atoms with Crippen molar-refractivity contribution in [3.8, 4) is 0 Å². The van der Waals surface area contributed by atoms with E-state index in [1.54, 1.807) is 19.1 Å². The first kappa shape index (κ1) is 19.7. The van der Waals surface area contributed by atoms with E-state index < -0.39 is 23.5 Å². The van der Waals surface area contributed by atoms with Crippen molar-refractivity contribution >= 4 is 17.5 Å². The Morgan fingerprint density at radius 3 is 2.40 bits per heavy atom. The van der Waals surface area contributed by atoms with Gasteiger partial charge < -0.3 is 14.0 Å². The molecule has 154 valence electrons. The number of aryl methyl sites for hydroxylation is 1. The summed E-state index contributed by atoms with van der Waals surface area (Å²) in [6.07, 6.45) is 1.37. The number of carbonyl (C=O) groups excluding carboxylic acids is 2. The molecule has 3 aromatic rings. The van der Waals surface area contributed by atoms with Gasteiger partial charge >= 0.3 is 0 Å². The molecule has 1 aliphatic heterocycles. The molecule has 0 saturated carbocycles. The van der Waals surface area contributed by atoms with Crippen LogP contribution in [0.5, 0.6) is 0 Å². The van der Waals surface area contributed by atoms with Gasteiger partial charge in [0.25, 0.3) is 5.91 Å². The van der Waals surface area contributed by atoms with Crippen LogP contribution in [-0.4, -0.2) is 22.0 Å². The van der Waals surface area contributed by atoms with Crippen LogP contribution >= 0.6 is 0 Å². The molecule has 3 heterocycles. The minimum Gasteiger partial charge on any atom is -0.503 e. The molecule has 1 N–H and O–H groups in total. The summed E-state index contributed by atoms with van der Waals surface area (Å²) in [5.74, 6) is -1.14. The number of rotatable bonds is 4. The van der Waals surface area contributed by atoms with Crippen molar-refractivity contribution in [2.24, 2.45) is 0 Å². The number of furan rings is 1. The van der Waals surface area contributed by atoms with E-state index in [0.717, 1.165) is 5.56 Å². The van der Waals surface area contributed by atoms with E-state index in [1.807, 2.05) is 24.3 Å². The van der Waals surface area contributed by atoms with Crippen molar-refractivity contribution in [3.05, 3.63) is 82.7 Å². The van der Waals surface area contributed by atoms with E-state index in [-0.39, 0.29) is 22.6 Å². The number of carbonyl (C=O) groups is 2. The second kappa shape index (κ2) is 7.02. The summed E-state index contributed by atoms with van der Waals surface area (Å²) in [6, 6.07) is 11.4. The fraction of sp³-hybridized carbons (Fsp3) is 0.261. The summed E-state index contributed by atoms with van der Waals surface area (Å²) in [4.78, 5) is 27.4. The number of aromatic nitrogens is 1. The van der Waals surface area contributed by atoms with E-state index in [0.29, 0.717) is 11.3 Å². The maximum atomic E-state index is 13.1. The van der Waals surface area contributed by atoms with Gasteiger partial charge in [0.1, 0.15) is 5.76 Å². The van der Waals surface area contributed by atoms with Crippen LogP contribution in [0.2, 0.25) is 0 Å². The molecule has 7 heteroatoms. The highest BCUT2D eigenvalue weighted by atomic mass is 16.5. The SMILES string of the molecule is Cc1cc(N2C(=O)C(O)=C(C(=O)c3ccco3)[C@H]2c2ccc(C(C)(C)C)cc2)no1. The fourth-order valence-corrected chi connectivity index (χ4v) is 3.56. The topological polar surface area (TPSA) is 96.8 Å². The lowest BCUT2D eigenvalue weighted by molar-refractivity contribution is -0.117. The van der Waals surface area contributed by atoms with Crippen molar-refractivity contribution < 1.29 is 23.6 Å². The average molecular weight is 406 g/mol. The standard InChI is InChI=1S/C23H22N2O5/c1-13-12-17(24-30-13)25-19(14-7-9-15(10-8-14)23(2,3)4)18(21(27)22(25)28)20(26)16-6-5-11-29-16/h5-12,19,27H,1-4H3/t19-/m1/s1. The Balaban J connectivity index is 1.85. The zero-order valence-corrected chi connectivity index (χ0v) is 17.2. The summed E-state index contributed by atoms with van der Waals surface area (Å²) in [6.45, 7) is 8.00. The fourth-order valence-electron chi connectivity index (χ4n) is 3.56. The Kier molecular flexibility index (Phi) is 4.61. The van der Waals surface area contributed by atoms with E-state index in [9.17, 15) is 14.7 Å². The summed E-state index contributed by atoms with van der Waals surface area (Å²) in [5.41, 5.74) is 1.65. The number of Topliss-reactive ketones (excluding diaryl/α,β-unsaturated/α-hetero) is 1. The van der Waals surface area contributed by atoms with Gasteiger partial charge in [-0.3, -0.25) is 14.5 Å². The molecule has 0 unspecified atom stereocenters. The molecule has 4 rings (SSSR count). The number of hydrogen-bond donors (Lipinski definition) is 1. The van der Waals surface area contributed by atoms with Crippen LogP contribution in [-0.2, 0) is 10.2 Å². The van der Waals surface area contributed by atoms with Gasteiger partial charge in [0.15, 0.2) is 17.3 Å². The number of nitrogens with zero attached hydrogens (tertiary/aromatic N) is 2. The van der Waals surface area contributed by atoms with Gasteiger partial charge in [-0.2, -0.15) is 0 Å². The molecule has 0 saturated heterocycles. The molecule has 0 bridgehead atoms. The number of aliphatic hydroxyl groups is 1. The van der Waals surface area contributed by atoms with Gasteiger partial charge in [0.05, 0.1) is 17.9 Å². The lowest BCUT2D eigenvalue weighted by Crippen LogP contribution is -2.31. The lowest BCUT2D eigenvalue weighted by Gasteiger charge is -2.25. The first-order valence-electron chi connectivity index (χ1n) is 9.57. The molecule has 0 fully saturated rings. The third-order valence-electron chi connectivity index (χ3n) is 5.15. The number of benzene rings is 1. The molecule has 1 atom stereocenters. The molecule has 0 aliphatic carbocycles. The molecule has 1 amide bonds. The molecule has 30 heavy (non-hydrogen) atoms. The van der Waals surface area contributed by atoms with Crippen molar-refractivity contribution in [3.63, 3.8) is 0 Å². The highest BCUT2D eigenvalue weighted by Crippen LogP contribution is 2.42. The monoisotopic (exact) mass is 406 g/mol. The normalized spacial score (nSPS) is 17.1. The summed E-state index contributed by atoms with van der Waals surface area (Å²) in [5, 5.41) is 14.6. The van der Waals surface area contributed by atoms with Gasteiger partial charge in [-0.05, 0) is 35.6 Å². The van der Waals surface area contributed by atoms with Gasteiger partial charge in [0.2, 0.25) is 5.78 Å². The summed E-state index contributed by atoms with van der Waals surface area (Å²) in [7, 11) is 0. The van der Waals surface area contributed by atoms with Gasteiger partial charge in [-0.1, -0.05) is 50.2 Å². The van der Waals surface area contributed by atoms with Crippen LogP contribution in [0.15, 0.2) is 69.0 Å². The Morgan fingerprint density at radius 2 is 1.87 bits per heavy atom. The van der Waals surface area contributed by atoms with Gasteiger partial charge in [-0.15, -0.1) is 0 Å². The maximum Gasteiger partial charge on any atom is 0.295 e. The van der Waals surface area contributed by atoms with Crippen LogP contribution < -0.4 is 4.90 Å². The van der Waals surface area contributed by atoms with E-state index >= 15 is 0 Å². The van der Waals surface area contributed by atoms with Gasteiger partial charge in [-0.25, -0.2) is 0 Å². The van der Waals surface area contributed by atoms with Crippen LogP contribution in [0.25, 0.3) is 0 Å². The third-order valence-corrected chi connectivity index (χ3v) is 5.15. The van der Waals surface area contributed by atoms with Gasteiger partial charge in [0, 0.05) is 6.07 Å². The summed E-state index contributed by atoms with van der Waals surface area (Å²) >= 11 is 0. The molecular formula is C23H22N2O5. The number of anilines is 1. The first-order chi connectivity index (χ1) is 14.2. The smallest absolute Gasteiger partial charge is 0.295 e. The number of aliphatic hydroxyl groups excluding tert-OH is 1. The predicted octanol–water partition coefficient (Wildman–Crippen LogP) is 4.66. The average Bonchev–Trinajstić information content (AvgIpc) is 3.42. The number of hydrogen-bond acceptors (Lipinski definition) is 6. The highest BCUT2D eigenvalue weighted by Gasteiger charge is 2.46. The molecule has 1 aliphatic rings. The quantitative estimate of drug-likeness (QED) is 0.633. The first-order valence-corrected chi connectivity index (χ1v) is 9.57. The molecule has 2 aromatic heterocycles. The number of amides is 1. The number of ketones is 1. The van der Waals surface area contributed by atoms with Crippen molar-refractivity contribution in [1.29, 1.82) is 0 Å². The molecule has 7 nitrogen and oxygen atoms in total. The molecule has 0 spiro atoms. The minimum atomic E-state index is -0.867. The van der Waals surface area contributed by atoms with E-state index in [1.165, 1.54) is 17.2 Å². The zero-order valence-electron chi connectivity index (χ0n) is 17.2. The predicted molar refractivity (Wildman–Crippen MR) is 109 cm³/mol. The maximum absolute atomic E-state index is 13.1. The lowest BCUT2D eigenvalue weighted by atomic mass is 9.85. The second-order valence-electron chi connectivity index (χ2n) is 8.31. The third kappa shape index (κ3) is 3.22. The van der Waals surface area contributed by atoms with Crippen LogP contribution in [0.1, 0.15) is 54.3 Å². The minimum absolute atomic E-state index is 0.0406. The van der Waals surface area contributed by atoms with E-state index in [4.69, 9.17) is 8.94 Å². The van der Waals surface area contributed by atoms with E-state index in [2.05, 4.69) is 25.9 Å². The van der Waals surface area contributed by atoms with Crippen molar-refractivity contribution in [2.75, 3.05) is 4.90 Å². The molecule has 0 radical (unpaired) electrons. The largest absolute Gasteiger partial charge is 0.503 e. The Hall–Kier alpha value is -3.61. The van der Waals surface area contributed by atoms with Crippen LogP contribution in [0.3, 0.4) is 0 Å². The van der Waals surface area contributed by atoms with Crippen molar-refractivity contribution in [2.45, 2.75) is 39.2 Å². The highest BCUT2D eigenvalue weighted by molar-refractivity contribution is 6.19. The van der Waals surface area contributed by atoms with Crippen molar-refractivity contribution in [1.82, 2.24) is 5.16 Å². The zero-order chi connectivity index (χ0) is 21.6. The Bertz CT molecular complexity index is 1130.